The molecule has 0 aliphatic heterocycles. The number of hydrogen-bond acceptors (Lipinski definition) is 4. The van der Waals surface area contributed by atoms with Crippen molar-refractivity contribution in [3.05, 3.63) is 143 Å². The van der Waals surface area contributed by atoms with Gasteiger partial charge in [-0.25, -0.2) is 0 Å². The summed E-state index contributed by atoms with van der Waals surface area (Å²) in [6.45, 7) is 0. The van der Waals surface area contributed by atoms with Crippen LogP contribution in [0.5, 0.6) is 11.5 Å². The van der Waals surface area contributed by atoms with Crippen molar-refractivity contribution in [3.63, 3.8) is 0 Å². The fourth-order valence-corrected chi connectivity index (χ4v) is 4.38. The summed E-state index contributed by atoms with van der Waals surface area (Å²) in [5.41, 5.74) is 2.54. The summed E-state index contributed by atoms with van der Waals surface area (Å²) >= 11 is 0. The molecule has 0 amide bonds. The van der Waals surface area contributed by atoms with Crippen molar-refractivity contribution in [3.8, 4) is 11.5 Å². The number of carbonyl (C=O) groups is 2. The molecule has 4 nitrogen and oxygen atoms in total. The van der Waals surface area contributed by atoms with Crippen molar-refractivity contribution >= 4 is 23.1 Å². The highest BCUT2D eigenvalue weighted by Crippen LogP contribution is 2.45. The maximum atomic E-state index is 13.8. The average molecular weight is 442 g/mol. The molecule has 0 spiro atoms. The van der Waals surface area contributed by atoms with Crippen LogP contribution in [-0.4, -0.2) is 11.6 Å². The highest BCUT2D eigenvalue weighted by molar-refractivity contribution is 6.34. The van der Waals surface area contributed by atoms with Gasteiger partial charge < -0.3 is 9.47 Å². The van der Waals surface area contributed by atoms with Gasteiger partial charge in [0, 0.05) is 22.3 Å². The van der Waals surface area contributed by atoms with Gasteiger partial charge in [0.05, 0.1) is 11.1 Å². The molecule has 0 aromatic heterocycles. The van der Waals surface area contributed by atoms with E-state index < -0.39 is 0 Å². The molecule has 0 fully saturated rings. The van der Waals surface area contributed by atoms with Crippen LogP contribution in [-0.2, 0) is 0 Å². The van der Waals surface area contributed by atoms with Gasteiger partial charge in [-0.1, -0.05) is 84.9 Å². The Bertz CT molecular complexity index is 1390. The molecule has 34 heavy (non-hydrogen) atoms. The molecule has 0 heterocycles. The van der Waals surface area contributed by atoms with Crippen LogP contribution in [0.1, 0.15) is 31.8 Å². The van der Waals surface area contributed by atoms with Crippen LogP contribution in [0.4, 0.5) is 0 Å². The van der Waals surface area contributed by atoms with Crippen LogP contribution in [0.25, 0.3) is 11.5 Å². The number of para-hydroxylation sites is 2. The molecular formula is C30H18O4. The monoisotopic (exact) mass is 442 g/mol. The number of Topliss-reactive ketones (excluding diaryl/α,β-unsaturated/α-hetero) is 2. The van der Waals surface area contributed by atoms with Crippen molar-refractivity contribution in [1.29, 1.82) is 0 Å². The summed E-state index contributed by atoms with van der Waals surface area (Å²) in [6, 6.07) is 32.9. The zero-order valence-corrected chi connectivity index (χ0v) is 18.0. The first-order chi connectivity index (χ1) is 16.7. The van der Waals surface area contributed by atoms with E-state index in [2.05, 4.69) is 0 Å². The zero-order chi connectivity index (χ0) is 23.1. The third-order valence-electron chi connectivity index (χ3n) is 5.92. The van der Waals surface area contributed by atoms with E-state index in [1.54, 1.807) is 36.4 Å². The molecule has 0 saturated carbocycles. The molecule has 2 aliphatic carbocycles. The van der Waals surface area contributed by atoms with Crippen LogP contribution in [0, 0.1) is 0 Å². The fraction of sp³-hybridized carbons (Fsp3) is 0. The Hall–Kier alpha value is -4.70. The maximum absolute atomic E-state index is 13.8. The first kappa shape index (κ1) is 19.9. The lowest BCUT2D eigenvalue weighted by Gasteiger charge is -2.30. The lowest BCUT2D eigenvalue weighted by molar-refractivity contribution is 0.0989. The van der Waals surface area contributed by atoms with E-state index in [1.165, 1.54) is 0 Å². The first-order valence-electron chi connectivity index (χ1n) is 11.0. The molecule has 0 N–H and O–H groups in total. The number of carbonyl (C=O) groups excluding carboxylic acids is 2. The third kappa shape index (κ3) is 3.16. The summed E-state index contributed by atoms with van der Waals surface area (Å²) in [7, 11) is 0. The van der Waals surface area contributed by atoms with Crippen molar-refractivity contribution in [2.45, 2.75) is 0 Å². The van der Waals surface area contributed by atoms with Crippen molar-refractivity contribution < 1.29 is 19.1 Å². The fourth-order valence-electron chi connectivity index (χ4n) is 4.38. The maximum Gasteiger partial charge on any atom is 0.198 e. The Morgan fingerprint density at radius 3 is 1.09 bits per heavy atom. The topological polar surface area (TPSA) is 52.6 Å². The largest absolute Gasteiger partial charge is 0.456 e. The van der Waals surface area contributed by atoms with Crippen LogP contribution in [0.15, 0.2) is 120 Å². The number of allylic oxidation sites excluding steroid dienone is 2. The predicted molar refractivity (Wildman–Crippen MR) is 130 cm³/mol. The van der Waals surface area contributed by atoms with E-state index in [0.717, 1.165) is 0 Å². The van der Waals surface area contributed by atoms with Gasteiger partial charge in [0.25, 0.3) is 0 Å². The van der Waals surface area contributed by atoms with E-state index in [0.29, 0.717) is 45.3 Å². The van der Waals surface area contributed by atoms with Crippen LogP contribution in [0.3, 0.4) is 0 Å². The molecule has 162 valence electrons. The predicted octanol–water partition coefficient (Wildman–Crippen LogP) is 6.36. The quantitative estimate of drug-likeness (QED) is 0.369. The molecule has 0 saturated heterocycles. The Morgan fingerprint density at radius 2 is 0.706 bits per heavy atom. The zero-order valence-electron chi connectivity index (χ0n) is 18.0. The van der Waals surface area contributed by atoms with Gasteiger partial charge in [0.2, 0.25) is 0 Å². The second kappa shape index (κ2) is 8.01. The van der Waals surface area contributed by atoms with E-state index in [1.807, 2.05) is 72.8 Å². The lowest BCUT2D eigenvalue weighted by Crippen LogP contribution is -2.28. The number of benzene rings is 4. The molecule has 0 unspecified atom stereocenters. The van der Waals surface area contributed by atoms with Gasteiger partial charge in [0.15, 0.2) is 11.6 Å². The molecule has 0 radical (unpaired) electrons. The first-order valence-corrected chi connectivity index (χ1v) is 11.0. The number of ether oxygens (including phenoxy) is 2. The normalized spacial score (nSPS) is 14.4. The Balaban J connectivity index is 1.67. The number of hydrogen-bond donors (Lipinski definition) is 0. The van der Waals surface area contributed by atoms with Gasteiger partial charge in [0.1, 0.15) is 23.0 Å². The number of ketones is 2. The molecule has 0 atom stereocenters. The molecule has 4 heteroatoms. The molecule has 0 bridgehead atoms. The van der Waals surface area contributed by atoms with Gasteiger partial charge in [-0.05, 0) is 24.3 Å². The Labute approximate surface area is 196 Å². The Kier molecular flexibility index (Phi) is 4.70. The molecule has 6 rings (SSSR count). The van der Waals surface area contributed by atoms with Crippen LogP contribution >= 0.6 is 0 Å². The van der Waals surface area contributed by atoms with Crippen LogP contribution in [0.2, 0.25) is 0 Å². The summed E-state index contributed by atoms with van der Waals surface area (Å²) in [5.74, 6) is 1.33. The standard InChI is InChI=1S/C30H18O4/c31-27-22-16-8-10-18-24(22)30(34-20-13-5-2-6-14-20)26-25(27)29(33-19-11-3-1-4-12-19)23-17-9-7-15-21(23)28(26)32/h1-18H. The summed E-state index contributed by atoms with van der Waals surface area (Å²) in [6.07, 6.45) is 0. The molecule has 4 aromatic rings. The van der Waals surface area contributed by atoms with Crippen LogP contribution < -0.4 is 9.47 Å². The van der Waals surface area contributed by atoms with Crippen molar-refractivity contribution in [2.75, 3.05) is 0 Å². The number of fused-ring (bicyclic) bond motifs is 3. The molecule has 2 aliphatic rings. The average Bonchev–Trinajstić information content (AvgIpc) is 2.89. The van der Waals surface area contributed by atoms with E-state index in [9.17, 15) is 9.59 Å². The van der Waals surface area contributed by atoms with E-state index >= 15 is 0 Å². The second-order valence-electron chi connectivity index (χ2n) is 7.99. The summed E-state index contributed by atoms with van der Waals surface area (Å²) < 4.78 is 12.6. The Morgan fingerprint density at radius 1 is 0.382 bits per heavy atom. The highest BCUT2D eigenvalue weighted by Gasteiger charge is 2.42. The smallest absolute Gasteiger partial charge is 0.198 e. The lowest BCUT2D eigenvalue weighted by atomic mass is 9.76. The molecular weight excluding hydrogens is 424 g/mol. The SMILES string of the molecule is O=C1C2=C(Oc3ccccc3)c3ccccc3C(=O)C2=C(Oc2ccccc2)c2ccccc21. The van der Waals surface area contributed by atoms with E-state index in [4.69, 9.17) is 9.47 Å². The minimum absolute atomic E-state index is 0.220. The highest BCUT2D eigenvalue weighted by atomic mass is 16.5. The van der Waals surface area contributed by atoms with Crippen molar-refractivity contribution in [2.24, 2.45) is 0 Å². The van der Waals surface area contributed by atoms with Gasteiger partial charge in [-0.3, -0.25) is 9.59 Å². The minimum atomic E-state index is -0.264. The molecule has 4 aromatic carbocycles. The van der Waals surface area contributed by atoms with Gasteiger partial charge in [-0.15, -0.1) is 0 Å². The number of rotatable bonds is 4. The van der Waals surface area contributed by atoms with Crippen molar-refractivity contribution in [1.82, 2.24) is 0 Å². The van der Waals surface area contributed by atoms with Gasteiger partial charge >= 0.3 is 0 Å². The summed E-state index contributed by atoms with van der Waals surface area (Å²) in [4.78, 5) is 27.7. The minimum Gasteiger partial charge on any atom is -0.456 e. The second-order valence-corrected chi connectivity index (χ2v) is 7.99. The van der Waals surface area contributed by atoms with Gasteiger partial charge in [-0.2, -0.15) is 0 Å². The third-order valence-corrected chi connectivity index (χ3v) is 5.92. The summed E-state index contributed by atoms with van der Waals surface area (Å²) in [5, 5.41) is 0. The van der Waals surface area contributed by atoms with E-state index in [-0.39, 0.29) is 22.7 Å².